The van der Waals surface area contributed by atoms with Crippen molar-refractivity contribution in [2.45, 2.75) is 31.5 Å². The molecule has 0 radical (unpaired) electrons. The number of halogens is 3. The number of hydrogen-bond donors (Lipinski definition) is 0. The Bertz CT molecular complexity index is 404. The Morgan fingerprint density at radius 1 is 1.38 bits per heavy atom. The summed E-state index contributed by atoms with van der Waals surface area (Å²) in [5.74, 6) is 0.174. The van der Waals surface area contributed by atoms with Crippen LogP contribution in [0.2, 0.25) is 10.0 Å². The standard InChI is InChI=1S/C12H13BrCl2O/c1-3-12(16)9(13)5-8-6-10(14)7(2)4-11(8)15/h4,6,9H,3,5H2,1-2H3. The van der Waals surface area contributed by atoms with Crippen molar-refractivity contribution in [3.05, 3.63) is 33.3 Å². The van der Waals surface area contributed by atoms with Crippen LogP contribution in [0.5, 0.6) is 0 Å². The van der Waals surface area contributed by atoms with Crippen LogP contribution in [-0.2, 0) is 11.2 Å². The number of aryl methyl sites for hydroxylation is 1. The third kappa shape index (κ3) is 3.47. The number of alkyl halides is 1. The molecule has 0 spiro atoms. The summed E-state index contributed by atoms with van der Waals surface area (Å²) < 4.78 is 0. The molecule has 4 heteroatoms. The van der Waals surface area contributed by atoms with Crippen LogP contribution in [0.25, 0.3) is 0 Å². The van der Waals surface area contributed by atoms with Crippen LogP contribution < -0.4 is 0 Å². The molecule has 0 saturated heterocycles. The molecule has 0 aromatic heterocycles. The van der Waals surface area contributed by atoms with Gasteiger partial charge in [0.05, 0.1) is 4.83 Å². The van der Waals surface area contributed by atoms with Gasteiger partial charge in [0.2, 0.25) is 0 Å². The molecular weight excluding hydrogens is 311 g/mol. The van der Waals surface area contributed by atoms with Crippen LogP contribution in [0.15, 0.2) is 12.1 Å². The van der Waals surface area contributed by atoms with Crippen molar-refractivity contribution in [2.75, 3.05) is 0 Å². The molecule has 1 aromatic carbocycles. The van der Waals surface area contributed by atoms with Crippen LogP contribution in [0, 0.1) is 6.92 Å². The van der Waals surface area contributed by atoms with Crippen molar-refractivity contribution in [3.63, 3.8) is 0 Å². The van der Waals surface area contributed by atoms with Gasteiger partial charge in [-0.3, -0.25) is 4.79 Å². The van der Waals surface area contributed by atoms with E-state index in [1.807, 2.05) is 26.0 Å². The molecule has 0 N–H and O–H groups in total. The van der Waals surface area contributed by atoms with Gasteiger partial charge < -0.3 is 0 Å². The quantitative estimate of drug-likeness (QED) is 0.741. The van der Waals surface area contributed by atoms with Gasteiger partial charge in [-0.2, -0.15) is 0 Å². The largest absolute Gasteiger partial charge is 0.298 e. The van der Waals surface area contributed by atoms with Gasteiger partial charge >= 0.3 is 0 Å². The molecule has 0 aliphatic rings. The fraction of sp³-hybridized carbons (Fsp3) is 0.417. The first kappa shape index (κ1) is 14.0. The second-order valence-electron chi connectivity index (χ2n) is 3.68. The molecule has 1 aromatic rings. The van der Waals surface area contributed by atoms with Gasteiger partial charge in [0, 0.05) is 16.5 Å². The molecule has 0 fully saturated rings. The van der Waals surface area contributed by atoms with Crippen LogP contribution in [0.4, 0.5) is 0 Å². The van der Waals surface area contributed by atoms with E-state index in [9.17, 15) is 4.79 Å². The number of carbonyl (C=O) groups excluding carboxylic acids is 1. The van der Waals surface area contributed by atoms with E-state index in [1.54, 1.807) is 0 Å². The number of Topliss-reactive ketones (excluding diaryl/α,β-unsaturated/α-hetero) is 1. The summed E-state index contributed by atoms with van der Waals surface area (Å²) in [5.41, 5.74) is 1.85. The van der Waals surface area contributed by atoms with Crippen molar-refractivity contribution >= 4 is 44.9 Å². The molecule has 1 nitrogen and oxygen atoms in total. The zero-order valence-corrected chi connectivity index (χ0v) is 12.3. The van der Waals surface area contributed by atoms with Gasteiger partial charge in [-0.1, -0.05) is 46.1 Å². The maximum absolute atomic E-state index is 11.5. The molecular formula is C12H13BrCl2O. The Kier molecular flexibility index (Phi) is 5.29. The second-order valence-corrected chi connectivity index (χ2v) is 5.60. The number of rotatable bonds is 4. The van der Waals surface area contributed by atoms with Crippen molar-refractivity contribution in [1.82, 2.24) is 0 Å². The summed E-state index contributed by atoms with van der Waals surface area (Å²) in [6.07, 6.45) is 1.10. The summed E-state index contributed by atoms with van der Waals surface area (Å²) in [6, 6.07) is 3.66. The lowest BCUT2D eigenvalue weighted by molar-refractivity contribution is -0.118. The predicted molar refractivity (Wildman–Crippen MR) is 72.9 cm³/mol. The maximum atomic E-state index is 11.5. The minimum atomic E-state index is -0.186. The molecule has 1 rings (SSSR count). The number of ketones is 1. The Hall–Kier alpha value is -0.0500. The predicted octanol–water partition coefficient (Wildman–Crippen LogP) is 4.59. The van der Waals surface area contributed by atoms with Gasteiger partial charge in [-0.25, -0.2) is 0 Å². The highest BCUT2D eigenvalue weighted by Crippen LogP contribution is 2.27. The molecule has 0 heterocycles. The second kappa shape index (κ2) is 6.04. The normalized spacial score (nSPS) is 12.6. The summed E-state index contributed by atoms with van der Waals surface area (Å²) in [6.45, 7) is 3.75. The molecule has 0 aliphatic carbocycles. The SMILES string of the molecule is CCC(=O)C(Br)Cc1cc(Cl)c(C)cc1Cl. The van der Waals surface area contributed by atoms with E-state index in [-0.39, 0.29) is 10.6 Å². The third-order valence-electron chi connectivity index (χ3n) is 2.42. The average molecular weight is 324 g/mol. The molecule has 0 aliphatic heterocycles. The Morgan fingerprint density at radius 3 is 2.56 bits per heavy atom. The van der Waals surface area contributed by atoms with Crippen molar-refractivity contribution in [1.29, 1.82) is 0 Å². The molecule has 1 unspecified atom stereocenters. The Morgan fingerprint density at radius 2 is 2.00 bits per heavy atom. The highest BCUT2D eigenvalue weighted by atomic mass is 79.9. The van der Waals surface area contributed by atoms with Gasteiger partial charge in [0.25, 0.3) is 0 Å². The fourth-order valence-electron chi connectivity index (χ4n) is 1.37. The van der Waals surface area contributed by atoms with Gasteiger partial charge in [-0.15, -0.1) is 0 Å². The summed E-state index contributed by atoms with van der Waals surface area (Å²) in [7, 11) is 0. The van der Waals surface area contributed by atoms with Gasteiger partial charge in [0.1, 0.15) is 5.78 Å². The van der Waals surface area contributed by atoms with Crippen molar-refractivity contribution in [2.24, 2.45) is 0 Å². The summed E-state index contributed by atoms with van der Waals surface area (Å²) in [4.78, 5) is 11.3. The lowest BCUT2D eigenvalue weighted by Crippen LogP contribution is -2.15. The maximum Gasteiger partial charge on any atom is 0.146 e. The Balaban J connectivity index is 2.89. The van der Waals surface area contributed by atoms with Crippen LogP contribution in [-0.4, -0.2) is 10.6 Å². The van der Waals surface area contributed by atoms with Crippen molar-refractivity contribution in [3.8, 4) is 0 Å². The zero-order chi connectivity index (χ0) is 12.3. The lowest BCUT2D eigenvalue weighted by atomic mass is 10.0. The first-order valence-electron chi connectivity index (χ1n) is 5.07. The molecule has 0 saturated carbocycles. The monoisotopic (exact) mass is 322 g/mol. The highest BCUT2D eigenvalue weighted by Gasteiger charge is 2.15. The molecule has 88 valence electrons. The average Bonchev–Trinajstić information content (AvgIpc) is 2.24. The number of benzene rings is 1. The minimum Gasteiger partial charge on any atom is -0.298 e. The fourth-order valence-corrected chi connectivity index (χ4v) is 2.53. The van der Waals surface area contributed by atoms with E-state index in [0.29, 0.717) is 22.9 Å². The lowest BCUT2D eigenvalue weighted by Gasteiger charge is -2.10. The van der Waals surface area contributed by atoms with E-state index in [2.05, 4.69) is 15.9 Å². The van der Waals surface area contributed by atoms with Crippen LogP contribution in [0.1, 0.15) is 24.5 Å². The number of hydrogen-bond acceptors (Lipinski definition) is 1. The van der Waals surface area contributed by atoms with Gasteiger partial charge in [0.15, 0.2) is 0 Å². The highest BCUT2D eigenvalue weighted by molar-refractivity contribution is 9.10. The smallest absolute Gasteiger partial charge is 0.146 e. The summed E-state index contributed by atoms with van der Waals surface area (Å²) in [5, 5.41) is 1.35. The molecule has 16 heavy (non-hydrogen) atoms. The zero-order valence-electron chi connectivity index (χ0n) is 9.19. The number of carbonyl (C=O) groups is 1. The van der Waals surface area contributed by atoms with E-state index in [1.165, 1.54) is 0 Å². The molecule has 0 amide bonds. The summed E-state index contributed by atoms with van der Waals surface area (Å²) >= 11 is 15.5. The van der Waals surface area contributed by atoms with E-state index >= 15 is 0 Å². The first-order chi connectivity index (χ1) is 7.45. The van der Waals surface area contributed by atoms with E-state index < -0.39 is 0 Å². The molecule has 1 atom stereocenters. The van der Waals surface area contributed by atoms with Crippen LogP contribution in [0.3, 0.4) is 0 Å². The Labute approximate surface area is 114 Å². The topological polar surface area (TPSA) is 17.1 Å². The van der Waals surface area contributed by atoms with Gasteiger partial charge in [-0.05, 0) is 36.6 Å². The minimum absolute atomic E-state index is 0.174. The first-order valence-corrected chi connectivity index (χ1v) is 6.74. The van der Waals surface area contributed by atoms with Crippen LogP contribution >= 0.6 is 39.1 Å². The van der Waals surface area contributed by atoms with Crippen molar-refractivity contribution < 1.29 is 4.79 Å². The van der Waals surface area contributed by atoms with E-state index in [4.69, 9.17) is 23.2 Å². The third-order valence-corrected chi connectivity index (χ3v) is 4.02. The van der Waals surface area contributed by atoms with E-state index in [0.717, 1.165) is 11.1 Å². The molecule has 0 bridgehead atoms.